The van der Waals surface area contributed by atoms with E-state index in [-0.39, 0.29) is 0 Å². The first-order valence-electron chi connectivity index (χ1n) is 6.67. The van der Waals surface area contributed by atoms with Gasteiger partial charge in [-0.15, -0.1) is 0 Å². The van der Waals surface area contributed by atoms with E-state index in [4.69, 9.17) is 0 Å². The van der Waals surface area contributed by atoms with Gasteiger partial charge in [0.15, 0.2) is 0 Å². The van der Waals surface area contributed by atoms with Gasteiger partial charge in [0.05, 0.1) is 0 Å². The second-order valence-corrected chi connectivity index (χ2v) is 6.88. The summed E-state index contributed by atoms with van der Waals surface area (Å²) in [5.41, 5.74) is 2.04. The van der Waals surface area contributed by atoms with E-state index in [1.807, 2.05) is 11.3 Å². The third-order valence-corrected chi connectivity index (χ3v) is 5.72. The van der Waals surface area contributed by atoms with E-state index in [0.29, 0.717) is 5.41 Å². The molecule has 1 aromatic heterocycles. The van der Waals surface area contributed by atoms with E-state index < -0.39 is 0 Å². The Hall–Kier alpha value is 0.01000. The summed E-state index contributed by atoms with van der Waals surface area (Å²) in [7, 11) is 0. The van der Waals surface area contributed by atoms with Gasteiger partial charge in [-0.1, -0.05) is 6.42 Å². The van der Waals surface area contributed by atoms with Crippen molar-refractivity contribution in [3.05, 3.63) is 22.4 Å². The molecule has 2 saturated carbocycles. The fraction of sp³-hybridized carbons (Fsp3) is 0.714. The number of hydrogen-bond acceptors (Lipinski definition) is 3. The van der Waals surface area contributed by atoms with Crippen LogP contribution in [-0.4, -0.2) is 23.2 Å². The Morgan fingerprint density at radius 3 is 2.71 bits per heavy atom. The molecule has 2 fully saturated rings. The van der Waals surface area contributed by atoms with Gasteiger partial charge in [-0.3, -0.25) is 4.90 Å². The van der Waals surface area contributed by atoms with Gasteiger partial charge in [0.2, 0.25) is 0 Å². The molecule has 1 nitrogen and oxygen atoms in total. The van der Waals surface area contributed by atoms with Gasteiger partial charge in [-0.05, 0) is 59.2 Å². The monoisotopic (exact) mass is 267 g/mol. The van der Waals surface area contributed by atoms with Gasteiger partial charge in [0.25, 0.3) is 0 Å². The molecule has 3 heteroatoms. The fourth-order valence-corrected chi connectivity index (χ4v) is 3.92. The highest BCUT2D eigenvalue weighted by Gasteiger charge is 2.40. The molecule has 1 aromatic rings. The number of hydrogen-bond donors (Lipinski definition) is 1. The van der Waals surface area contributed by atoms with E-state index in [1.54, 1.807) is 0 Å². The summed E-state index contributed by atoms with van der Waals surface area (Å²) in [6.07, 6.45) is 7.02. The Morgan fingerprint density at radius 1 is 1.41 bits per heavy atom. The summed E-state index contributed by atoms with van der Waals surface area (Å²) in [5, 5.41) is 4.49. The van der Waals surface area contributed by atoms with Crippen molar-refractivity contribution in [2.45, 2.75) is 44.7 Å². The van der Waals surface area contributed by atoms with Crippen LogP contribution < -0.4 is 0 Å². The lowest BCUT2D eigenvalue weighted by atomic mass is 9.70. The van der Waals surface area contributed by atoms with Gasteiger partial charge in [-0.25, -0.2) is 0 Å². The Kier molecular flexibility index (Phi) is 3.51. The predicted octanol–water partition coefficient (Wildman–Crippen LogP) is 3.81. The molecule has 2 aliphatic carbocycles. The summed E-state index contributed by atoms with van der Waals surface area (Å²) in [4.78, 5) is 2.72. The number of nitrogens with zero attached hydrogens (tertiary/aromatic N) is 1. The van der Waals surface area contributed by atoms with Crippen LogP contribution in [0.2, 0.25) is 0 Å². The summed E-state index contributed by atoms with van der Waals surface area (Å²) >= 11 is 6.40. The van der Waals surface area contributed by atoms with E-state index in [0.717, 1.165) is 18.3 Å². The molecule has 0 atom stereocenters. The van der Waals surface area contributed by atoms with Crippen LogP contribution in [0, 0.1) is 5.41 Å². The van der Waals surface area contributed by atoms with Crippen LogP contribution in [0.1, 0.15) is 37.7 Å². The van der Waals surface area contributed by atoms with Crippen molar-refractivity contribution in [2.75, 3.05) is 12.3 Å². The van der Waals surface area contributed by atoms with Gasteiger partial charge in [0, 0.05) is 19.1 Å². The van der Waals surface area contributed by atoms with Gasteiger partial charge in [0.1, 0.15) is 0 Å². The SMILES string of the molecule is SCC1(CN(Cc2ccsc2)C2CC2)CCC1. The Morgan fingerprint density at radius 2 is 2.24 bits per heavy atom. The minimum Gasteiger partial charge on any atom is -0.296 e. The molecule has 0 aliphatic heterocycles. The van der Waals surface area contributed by atoms with Crippen molar-refractivity contribution in [1.29, 1.82) is 0 Å². The molecule has 3 rings (SSSR count). The van der Waals surface area contributed by atoms with Crippen molar-refractivity contribution in [1.82, 2.24) is 4.90 Å². The minimum atomic E-state index is 0.543. The maximum atomic E-state index is 4.59. The highest BCUT2D eigenvalue weighted by atomic mass is 32.1. The van der Waals surface area contributed by atoms with Crippen LogP contribution in [0.4, 0.5) is 0 Å². The molecule has 94 valence electrons. The van der Waals surface area contributed by atoms with Crippen molar-refractivity contribution < 1.29 is 0 Å². The fourth-order valence-electron chi connectivity index (χ4n) is 2.84. The second-order valence-electron chi connectivity index (χ2n) is 5.78. The van der Waals surface area contributed by atoms with Crippen LogP contribution in [0.3, 0.4) is 0 Å². The van der Waals surface area contributed by atoms with E-state index in [9.17, 15) is 0 Å². The molecule has 0 amide bonds. The average Bonchev–Trinajstić information content (AvgIpc) is 3.01. The molecule has 0 saturated heterocycles. The van der Waals surface area contributed by atoms with Crippen molar-refractivity contribution in [2.24, 2.45) is 5.41 Å². The van der Waals surface area contributed by atoms with E-state index in [2.05, 4.69) is 34.4 Å². The van der Waals surface area contributed by atoms with Crippen LogP contribution in [0.5, 0.6) is 0 Å². The zero-order valence-electron chi connectivity index (χ0n) is 10.3. The van der Waals surface area contributed by atoms with E-state index in [1.165, 1.54) is 44.2 Å². The predicted molar refractivity (Wildman–Crippen MR) is 77.9 cm³/mol. The lowest BCUT2D eigenvalue weighted by molar-refractivity contribution is 0.0812. The largest absolute Gasteiger partial charge is 0.296 e. The first-order chi connectivity index (χ1) is 8.31. The first kappa shape index (κ1) is 12.1. The molecular formula is C14H21NS2. The van der Waals surface area contributed by atoms with Gasteiger partial charge < -0.3 is 0 Å². The topological polar surface area (TPSA) is 3.24 Å². The van der Waals surface area contributed by atoms with Crippen LogP contribution in [0.15, 0.2) is 16.8 Å². The third kappa shape index (κ3) is 2.72. The Balaban J connectivity index is 1.64. The smallest absolute Gasteiger partial charge is 0.0245 e. The number of thiol groups is 1. The van der Waals surface area contributed by atoms with Gasteiger partial charge >= 0.3 is 0 Å². The molecule has 0 spiro atoms. The van der Waals surface area contributed by atoms with Crippen molar-refractivity contribution >= 4 is 24.0 Å². The number of thiophene rings is 1. The quantitative estimate of drug-likeness (QED) is 0.767. The molecule has 0 radical (unpaired) electrons. The molecule has 0 aromatic carbocycles. The lowest BCUT2D eigenvalue weighted by Gasteiger charge is -2.44. The summed E-state index contributed by atoms with van der Waals surface area (Å²) in [6, 6.07) is 3.14. The lowest BCUT2D eigenvalue weighted by Crippen LogP contribution is -2.44. The summed E-state index contributed by atoms with van der Waals surface area (Å²) in [6.45, 7) is 2.43. The maximum Gasteiger partial charge on any atom is 0.0245 e. The molecule has 0 bridgehead atoms. The van der Waals surface area contributed by atoms with Crippen molar-refractivity contribution in [3.8, 4) is 0 Å². The van der Waals surface area contributed by atoms with Crippen LogP contribution in [0.25, 0.3) is 0 Å². The second kappa shape index (κ2) is 4.94. The van der Waals surface area contributed by atoms with Crippen LogP contribution >= 0.6 is 24.0 Å². The third-order valence-electron chi connectivity index (χ3n) is 4.32. The molecule has 0 unspecified atom stereocenters. The highest BCUT2D eigenvalue weighted by molar-refractivity contribution is 7.80. The maximum absolute atomic E-state index is 4.59. The Bertz CT molecular complexity index is 347. The molecule has 0 N–H and O–H groups in total. The molecule has 2 aliphatic rings. The zero-order chi connectivity index (χ0) is 11.7. The normalized spacial score (nSPS) is 22.7. The standard InChI is InChI=1S/C14H21NS2/c16-11-14(5-1-6-14)10-15(13-2-3-13)8-12-4-7-17-9-12/h4,7,9,13,16H,1-3,5-6,8,10-11H2. The minimum absolute atomic E-state index is 0.543. The average molecular weight is 267 g/mol. The first-order valence-corrected chi connectivity index (χ1v) is 8.25. The summed E-state index contributed by atoms with van der Waals surface area (Å²) in [5.74, 6) is 1.07. The zero-order valence-corrected chi connectivity index (χ0v) is 12.0. The molecular weight excluding hydrogens is 246 g/mol. The van der Waals surface area contributed by atoms with Crippen LogP contribution in [-0.2, 0) is 6.54 Å². The van der Waals surface area contributed by atoms with Crippen molar-refractivity contribution in [3.63, 3.8) is 0 Å². The van der Waals surface area contributed by atoms with Gasteiger partial charge in [-0.2, -0.15) is 24.0 Å². The van der Waals surface area contributed by atoms with E-state index >= 15 is 0 Å². The number of rotatable bonds is 6. The molecule has 1 heterocycles. The molecule has 17 heavy (non-hydrogen) atoms. The highest BCUT2D eigenvalue weighted by Crippen LogP contribution is 2.44. The summed E-state index contributed by atoms with van der Waals surface area (Å²) < 4.78 is 0. The Labute approximate surface area is 114 Å².